The minimum absolute atomic E-state index is 0.252. The van der Waals surface area contributed by atoms with Crippen molar-refractivity contribution in [3.8, 4) is 0 Å². The van der Waals surface area contributed by atoms with Gasteiger partial charge in [0, 0.05) is 6.54 Å². The lowest BCUT2D eigenvalue weighted by atomic mass is 10.6. The first-order chi connectivity index (χ1) is 4.56. The van der Waals surface area contributed by atoms with Crippen LogP contribution < -0.4 is 5.32 Å². The fraction of sp³-hybridized carbons (Fsp3) is 0.500. The minimum atomic E-state index is -3.93. The highest BCUT2D eigenvalue weighted by Gasteiger charge is 2.09. The van der Waals surface area contributed by atoms with E-state index in [1.54, 1.807) is 0 Å². The molecule has 0 aromatic rings. The second kappa shape index (κ2) is 4.46. The summed E-state index contributed by atoms with van der Waals surface area (Å²) in [6.07, 6.45) is 1.79. The van der Waals surface area contributed by atoms with E-state index in [2.05, 4.69) is 5.32 Å². The van der Waals surface area contributed by atoms with Gasteiger partial charge in [0.2, 0.25) is 0 Å². The van der Waals surface area contributed by atoms with E-state index in [4.69, 9.17) is 14.9 Å². The highest BCUT2D eigenvalue weighted by Crippen LogP contribution is 2.31. The van der Waals surface area contributed by atoms with Crippen molar-refractivity contribution in [3.63, 3.8) is 0 Å². The van der Waals surface area contributed by atoms with Crippen LogP contribution in [0.3, 0.4) is 0 Å². The van der Waals surface area contributed by atoms with Crippen LogP contribution in [0.1, 0.15) is 0 Å². The molecule has 0 aliphatic carbocycles. The van der Waals surface area contributed by atoms with E-state index < -0.39 is 7.60 Å². The second-order valence-electron chi connectivity index (χ2n) is 1.66. The lowest BCUT2D eigenvalue weighted by Gasteiger charge is -2.02. The van der Waals surface area contributed by atoms with Crippen LogP contribution in [-0.4, -0.2) is 27.7 Å². The highest BCUT2D eigenvalue weighted by atomic mass is 31.2. The lowest BCUT2D eigenvalue weighted by molar-refractivity contribution is 0.369. The van der Waals surface area contributed by atoms with Gasteiger partial charge in [-0.3, -0.25) is 4.57 Å². The Morgan fingerprint density at radius 3 is 2.50 bits per heavy atom. The summed E-state index contributed by atoms with van der Waals surface area (Å²) in [6, 6.07) is 0. The lowest BCUT2D eigenvalue weighted by Crippen LogP contribution is -2.14. The fourth-order valence-electron chi connectivity index (χ4n) is 0.346. The van der Waals surface area contributed by atoms with Gasteiger partial charge in [0.25, 0.3) is 0 Å². The Labute approximate surface area is 58.5 Å². The minimum Gasteiger partial charge on any atom is -0.516 e. The first kappa shape index (κ1) is 9.65. The zero-order chi connectivity index (χ0) is 8.04. The van der Waals surface area contributed by atoms with Gasteiger partial charge < -0.3 is 20.2 Å². The molecule has 4 N–H and O–H groups in total. The van der Waals surface area contributed by atoms with Crippen molar-refractivity contribution in [3.05, 3.63) is 12.3 Å². The van der Waals surface area contributed by atoms with Crippen LogP contribution in [0.25, 0.3) is 0 Å². The SMILES string of the molecule is O=P(O)(O)CNCC=CO. The van der Waals surface area contributed by atoms with Crippen molar-refractivity contribution in [1.29, 1.82) is 0 Å². The normalized spacial score (nSPS) is 12.6. The molecule has 0 saturated heterocycles. The van der Waals surface area contributed by atoms with E-state index in [-0.39, 0.29) is 12.8 Å². The molecule has 0 atom stereocenters. The van der Waals surface area contributed by atoms with Gasteiger partial charge in [-0.2, -0.15) is 0 Å². The van der Waals surface area contributed by atoms with Crippen molar-refractivity contribution in [2.75, 3.05) is 12.8 Å². The molecule has 0 bridgehead atoms. The predicted molar refractivity (Wildman–Crippen MR) is 36.7 cm³/mol. The molecule has 5 nitrogen and oxygen atoms in total. The summed E-state index contributed by atoms with van der Waals surface area (Å²) < 4.78 is 10.1. The highest BCUT2D eigenvalue weighted by molar-refractivity contribution is 7.51. The maximum Gasteiger partial charge on any atom is 0.339 e. The average molecular weight is 167 g/mol. The summed E-state index contributed by atoms with van der Waals surface area (Å²) in [5, 5.41) is 10.5. The summed E-state index contributed by atoms with van der Waals surface area (Å²) in [5.41, 5.74) is 0. The number of nitrogens with one attached hydrogen (secondary N) is 1. The van der Waals surface area contributed by atoms with Gasteiger partial charge in [-0.25, -0.2) is 0 Å². The summed E-state index contributed by atoms with van der Waals surface area (Å²) in [7, 11) is -3.93. The molecule has 0 amide bonds. The molecule has 0 spiro atoms. The third-order valence-corrected chi connectivity index (χ3v) is 1.32. The van der Waals surface area contributed by atoms with Crippen LogP contribution in [0.5, 0.6) is 0 Å². The Morgan fingerprint density at radius 2 is 2.10 bits per heavy atom. The number of aliphatic hydroxyl groups is 1. The van der Waals surface area contributed by atoms with Crippen molar-refractivity contribution in [2.24, 2.45) is 0 Å². The molecule has 0 aliphatic rings. The van der Waals surface area contributed by atoms with Gasteiger partial charge in [0.05, 0.1) is 12.5 Å². The molecule has 60 valence electrons. The second-order valence-corrected chi connectivity index (χ2v) is 3.31. The molecule has 0 unspecified atom stereocenters. The summed E-state index contributed by atoms with van der Waals surface area (Å²) in [6.45, 7) is 0.252. The van der Waals surface area contributed by atoms with Gasteiger partial charge in [-0.1, -0.05) is 0 Å². The molecule has 0 fully saturated rings. The molecule has 0 saturated carbocycles. The van der Waals surface area contributed by atoms with Crippen LogP contribution >= 0.6 is 7.60 Å². The van der Waals surface area contributed by atoms with Gasteiger partial charge >= 0.3 is 7.60 Å². The zero-order valence-corrected chi connectivity index (χ0v) is 6.16. The van der Waals surface area contributed by atoms with E-state index in [1.165, 1.54) is 6.08 Å². The quantitative estimate of drug-likeness (QED) is 0.264. The Balaban J connectivity index is 3.29. The first-order valence-electron chi connectivity index (χ1n) is 2.61. The summed E-state index contributed by atoms with van der Waals surface area (Å²) in [5.74, 6) is 0. The monoisotopic (exact) mass is 167 g/mol. The van der Waals surface area contributed by atoms with Crippen molar-refractivity contribution in [2.45, 2.75) is 0 Å². The standard InChI is InChI=1S/C4H10NO4P/c6-3-1-2-5-4-10(7,8)9/h1,3,5-6H,2,4H2,(H2,7,8,9). The van der Waals surface area contributed by atoms with Gasteiger partial charge in [0.15, 0.2) is 0 Å². The van der Waals surface area contributed by atoms with E-state index in [9.17, 15) is 4.57 Å². The molecule has 0 rings (SSSR count). The van der Waals surface area contributed by atoms with E-state index >= 15 is 0 Å². The van der Waals surface area contributed by atoms with Crippen LogP contribution in [-0.2, 0) is 4.57 Å². The van der Waals surface area contributed by atoms with Crippen LogP contribution in [0, 0.1) is 0 Å². The molecule has 0 heterocycles. The van der Waals surface area contributed by atoms with E-state index in [0.29, 0.717) is 0 Å². The summed E-state index contributed by atoms with van der Waals surface area (Å²) >= 11 is 0. The fourth-order valence-corrected chi connectivity index (χ4v) is 0.767. The number of rotatable bonds is 4. The molecule has 0 radical (unpaired) electrons. The molecule has 0 aromatic heterocycles. The molecular weight excluding hydrogens is 157 g/mol. The Kier molecular flexibility index (Phi) is 4.31. The van der Waals surface area contributed by atoms with Crippen LogP contribution in [0.2, 0.25) is 0 Å². The molecule has 0 aromatic carbocycles. The zero-order valence-electron chi connectivity index (χ0n) is 5.27. The molecular formula is C4H10NO4P. The smallest absolute Gasteiger partial charge is 0.339 e. The van der Waals surface area contributed by atoms with Gasteiger partial charge in [-0.15, -0.1) is 0 Å². The maximum absolute atomic E-state index is 10.1. The summed E-state index contributed by atoms with van der Waals surface area (Å²) in [4.78, 5) is 16.6. The average Bonchev–Trinajstić information content (AvgIpc) is 1.78. The van der Waals surface area contributed by atoms with Crippen molar-refractivity contribution >= 4 is 7.60 Å². The van der Waals surface area contributed by atoms with Crippen LogP contribution in [0.4, 0.5) is 0 Å². The van der Waals surface area contributed by atoms with Crippen molar-refractivity contribution in [1.82, 2.24) is 5.32 Å². The maximum atomic E-state index is 10.1. The van der Waals surface area contributed by atoms with Gasteiger partial charge in [-0.05, 0) is 6.08 Å². The third-order valence-electron chi connectivity index (χ3n) is 0.685. The Bertz CT molecular complexity index is 151. The molecule has 10 heavy (non-hydrogen) atoms. The van der Waals surface area contributed by atoms with Crippen molar-refractivity contribution < 1.29 is 19.5 Å². The van der Waals surface area contributed by atoms with Crippen LogP contribution in [0.15, 0.2) is 12.3 Å². The molecule has 0 aliphatic heterocycles. The van der Waals surface area contributed by atoms with Gasteiger partial charge in [0.1, 0.15) is 0 Å². The third kappa shape index (κ3) is 7.65. The largest absolute Gasteiger partial charge is 0.516 e. The van der Waals surface area contributed by atoms with E-state index in [1.807, 2.05) is 0 Å². The first-order valence-corrected chi connectivity index (χ1v) is 4.40. The topological polar surface area (TPSA) is 89.8 Å². The number of hydrogen-bond acceptors (Lipinski definition) is 3. The number of hydrogen-bond donors (Lipinski definition) is 4. The number of aliphatic hydroxyl groups excluding tert-OH is 1. The Morgan fingerprint density at radius 1 is 1.50 bits per heavy atom. The predicted octanol–water partition coefficient (Wildman–Crippen LogP) is -0.217. The van der Waals surface area contributed by atoms with E-state index in [0.717, 1.165) is 6.26 Å². The molecule has 6 heteroatoms. The Hall–Kier alpha value is -0.350.